The summed E-state index contributed by atoms with van der Waals surface area (Å²) in [6, 6.07) is -0.265. The smallest absolute Gasteiger partial charge is 0.245 e. The molecule has 0 aromatic rings. The molecule has 4 nitrogen and oxygen atoms in total. The lowest BCUT2D eigenvalue weighted by molar-refractivity contribution is -0.137. The summed E-state index contributed by atoms with van der Waals surface area (Å²) in [7, 11) is 0. The molecule has 2 aliphatic rings. The van der Waals surface area contributed by atoms with Crippen molar-refractivity contribution in [2.24, 2.45) is 5.92 Å². The van der Waals surface area contributed by atoms with Gasteiger partial charge < -0.3 is 10.2 Å². The van der Waals surface area contributed by atoms with Gasteiger partial charge in [-0.05, 0) is 31.6 Å². The minimum absolute atomic E-state index is 0.0335. The van der Waals surface area contributed by atoms with Crippen LogP contribution in [-0.2, 0) is 9.59 Å². The molecular weight excluding hydrogens is 216 g/mol. The molecule has 4 heteroatoms. The zero-order valence-electron chi connectivity index (χ0n) is 10.6. The molecule has 0 saturated carbocycles. The van der Waals surface area contributed by atoms with E-state index in [0.717, 1.165) is 51.1 Å². The molecule has 96 valence electrons. The minimum atomic E-state index is -0.265. The van der Waals surface area contributed by atoms with Crippen LogP contribution in [0.4, 0.5) is 0 Å². The lowest BCUT2D eigenvalue weighted by atomic mass is 9.98. The van der Waals surface area contributed by atoms with Gasteiger partial charge in [0.05, 0.1) is 0 Å². The number of carbonyl (C=O) groups excluding carboxylic acids is 2. The number of hydrogen-bond acceptors (Lipinski definition) is 2. The Morgan fingerprint density at radius 3 is 2.65 bits per heavy atom. The van der Waals surface area contributed by atoms with Crippen LogP contribution in [-0.4, -0.2) is 35.8 Å². The number of nitrogens with one attached hydrogen (secondary N) is 1. The molecule has 1 atom stereocenters. The summed E-state index contributed by atoms with van der Waals surface area (Å²) in [4.78, 5) is 25.6. The van der Waals surface area contributed by atoms with Gasteiger partial charge in [0.2, 0.25) is 11.8 Å². The molecule has 0 aromatic heterocycles. The molecule has 0 radical (unpaired) electrons. The van der Waals surface area contributed by atoms with Gasteiger partial charge in [-0.25, -0.2) is 0 Å². The SMILES string of the molecule is CC1CCN(C(=O)[C@H]2CCCCC(=O)N2)CC1. The minimum Gasteiger partial charge on any atom is -0.344 e. The summed E-state index contributed by atoms with van der Waals surface area (Å²) in [6.07, 6.45) is 5.43. The van der Waals surface area contributed by atoms with E-state index < -0.39 is 0 Å². The van der Waals surface area contributed by atoms with Crippen molar-refractivity contribution in [3.63, 3.8) is 0 Å². The van der Waals surface area contributed by atoms with Crippen LogP contribution in [0.25, 0.3) is 0 Å². The van der Waals surface area contributed by atoms with Gasteiger partial charge in [0.1, 0.15) is 6.04 Å². The Bertz CT molecular complexity index is 296. The Labute approximate surface area is 103 Å². The number of hydrogen-bond donors (Lipinski definition) is 1. The van der Waals surface area contributed by atoms with Crippen LogP contribution in [0.1, 0.15) is 45.4 Å². The first-order valence-electron chi connectivity index (χ1n) is 6.75. The quantitative estimate of drug-likeness (QED) is 0.748. The predicted octanol–water partition coefficient (Wildman–Crippen LogP) is 1.30. The van der Waals surface area contributed by atoms with Gasteiger partial charge in [0.15, 0.2) is 0 Å². The van der Waals surface area contributed by atoms with Gasteiger partial charge in [-0.15, -0.1) is 0 Å². The van der Waals surface area contributed by atoms with Gasteiger partial charge in [-0.1, -0.05) is 13.3 Å². The van der Waals surface area contributed by atoms with E-state index in [2.05, 4.69) is 12.2 Å². The fourth-order valence-corrected chi connectivity index (χ4v) is 2.61. The zero-order valence-corrected chi connectivity index (χ0v) is 10.6. The molecule has 2 saturated heterocycles. The van der Waals surface area contributed by atoms with Crippen molar-refractivity contribution in [2.75, 3.05) is 13.1 Å². The first kappa shape index (κ1) is 12.4. The van der Waals surface area contributed by atoms with Gasteiger partial charge in [0.25, 0.3) is 0 Å². The molecule has 0 spiro atoms. The average molecular weight is 238 g/mol. The van der Waals surface area contributed by atoms with Crippen LogP contribution in [0.15, 0.2) is 0 Å². The molecule has 2 fully saturated rings. The summed E-state index contributed by atoms with van der Waals surface area (Å²) >= 11 is 0. The topological polar surface area (TPSA) is 49.4 Å². The number of nitrogens with zero attached hydrogens (tertiary/aromatic N) is 1. The third kappa shape index (κ3) is 3.20. The first-order valence-corrected chi connectivity index (χ1v) is 6.75. The van der Waals surface area contributed by atoms with Crippen molar-refractivity contribution < 1.29 is 9.59 Å². The van der Waals surface area contributed by atoms with Gasteiger partial charge in [-0.3, -0.25) is 9.59 Å². The maximum Gasteiger partial charge on any atom is 0.245 e. The van der Waals surface area contributed by atoms with E-state index >= 15 is 0 Å². The second-order valence-electron chi connectivity index (χ2n) is 5.37. The number of rotatable bonds is 1. The fourth-order valence-electron chi connectivity index (χ4n) is 2.61. The maximum atomic E-state index is 12.3. The Morgan fingerprint density at radius 1 is 1.24 bits per heavy atom. The maximum absolute atomic E-state index is 12.3. The van der Waals surface area contributed by atoms with Crippen LogP contribution in [0.3, 0.4) is 0 Å². The summed E-state index contributed by atoms with van der Waals surface area (Å²) in [5.74, 6) is 0.890. The van der Waals surface area contributed by atoms with E-state index in [1.54, 1.807) is 0 Å². The highest BCUT2D eigenvalue weighted by Crippen LogP contribution is 2.18. The Kier molecular flexibility index (Phi) is 4.02. The van der Waals surface area contributed by atoms with Gasteiger partial charge in [-0.2, -0.15) is 0 Å². The highest BCUT2D eigenvalue weighted by Gasteiger charge is 2.29. The van der Waals surface area contributed by atoms with Crippen molar-refractivity contribution in [3.05, 3.63) is 0 Å². The second-order valence-corrected chi connectivity index (χ2v) is 5.37. The van der Waals surface area contributed by atoms with Gasteiger partial charge in [0, 0.05) is 19.5 Å². The normalized spacial score (nSPS) is 27.5. The lowest BCUT2D eigenvalue weighted by Crippen LogP contribution is -2.49. The summed E-state index contributed by atoms with van der Waals surface area (Å²) in [5, 5.41) is 2.86. The summed E-state index contributed by atoms with van der Waals surface area (Å²) in [5.41, 5.74) is 0. The van der Waals surface area contributed by atoms with E-state index in [0.29, 0.717) is 6.42 Å². The number of carbonyl (C=O) groups is 2. The number of likely N-dealkylation sites (tertiary alicyclic amines) is 1. The van der Waals surface area contributed by atoms with Crippen LogP contribution >= 0.6 is 0 Å². The standard InChI is InChI=1S/C13H22N2O2/c1-10-6-8-15(9-7-10)13(17)11-4-2-3-5-12(16)14-11/h10-11H,2-9H2,1H3,(H,14,16)/t11-/m1/s1. The molecule has 0 aromatic carbocycles. The molecule has 17 heavy (non-hydrogen) atoms. The van der Waals surface area contributed by atoms with Crippen molar-refractivity contribution in [3.8, 4) is 0 Å². The zero-order chi connectivity index (χ0) is 12.3. The monoisotopic (exact) mass is 238 g/mol. The van der Waals surface area contributed by atoms with E-state index in [9.17, 15) is 9.59 Å². The van der Waals surface area contributed by atoms with Crippen LogP contribution in [0.5, 0.6) is 0 Å². The largest absolute Gasteiger partial charge is 0.344 e. The molecule has 2 heterocycles. The average Bonchev–Trinajstić information content (AvgIpc) is 2.54. The molecule has 0 aliphatic carbocycles. The van der Waals surface area contributed by atoms with Crippen molar-refractivity contribution >= 4 is 11.8 Å². The van der Waals surface area contributed by atoms with E-state index in [-0.39, 0.29) is 17.9 Å². The Balaban J connectivity index is 1.91. The summed E-state index contributed by atoms with van der Waals surface area (Å²) < 4.78 is 0. The molecule has 2 amide bonds. The summed E-state index contributed by atoms with van der Waals surface area (Å²) in [6.45, 7) is 3.94. The number of piperidine rings is 1. The predicted molar refractivity (Wildman–Crippen MR) is 65.4 cm³/mol. The van der Waals surface area contributed by atoms with Crippen molar-refractivity contribution in [1.82, 2.24) is 10.2 Å². The molecule has 0 bridgehead atoms. The fraction of sp³-hybridized carbons (Fsp3) is 0.846. The third-order valence-corrected chi connectivity index (χ3v) is 3.88. The van der Waals surface area contributed by atoms with Crippen LogP contribution < -0.4 is 5.32 Å². The molecule has 2 aliphatic heterocycles. The molecular formula is C13H22N2O2. The first-order chi connectivity index (χ1) is 8.16. The lowest BCUT2D eigenvalue weighted by Gasteiger charge is -2.32. The van der Waals surface area contributed by atoms with Gasteiger partial charge >= 0.3 is 0 Å². The van der Waals surface area contributed by atoms with E-state index in [1.165, 1.54) is 0 Å². The second kappa shape index (κ2) is 5.52. The van der Waals surface area contributed by atoms with E-state index in [1.807, 2.05) is 4.90 Å². The third-order valence-electron chi connectivity index (χ3n) is 3.88. The highest BCUT2D eigenvalue weighted by molar-refractivity contribution is 5.88. The molecule has 2 rings (SSSR count). The number of amides is 2. The van der Waals surface area contributed by atoms with Crippen LogP contribution in [0.2, 0.25) is 0 Å². The van der Waals surface area contributed by atoms with E-state index in [4.69, 9.17) is 0 Å². The molecule has 1 N–H and O–H groups in total. The molecule has 0 unspecified atom stereocenters. The highest BCUT2D eigenvalue weighted by atomic mass is 16.2. The Morgan fingerprint density at radius 2 is 1.94 bits per heavy atom. The Hall–Kier alpha value is -1.06. The van der Waals surface area contributed by atoms with Crippen molar-refractivity contribution in [1.29, 1.82) is 0 Å². The van der Waals surface area contributed by atoms with Crippen molar-refractivity contribution in [2.45, 2.75) is 51.5 Å². The van der Waals surface area contributed by atoms with Crippen LogP contribution in [0, 0.1) is 5.92 Å².